The predicted octanol–water partition coefficient (Wildman–Crippen LogP) is 1.28. The monoisotopic (exact) mass is 389 g/mol. The van der Waals surface area contributed by atoms with Crippen molar-refractivity contribution in [1.29, 1.82) is 0 Å². The molecule has 7 nitrogen and oxygen atoms in total. The van der Waals surface area contributed by atoms with Gasteiger partial charge in [-0.15, -0.1) is 0 Å². The third-order valence-electron chi connectivity index (χ3n) is 3.73. The summed E-state index contributed by atoms with van der Waals surface area (Å²) in [5, 5.41) is 11.5. The molecule has 0 unspecified atom stereocenters. The van der Waals surface area contributed by atoms with Gasteiger partial charge in [-0.3, -0.25) is 0 Å². The average Bonchev–Trinajstić information content (AvgIpc) is 2.81. The van der Waals surface area contributed by atoms with E-state index in [0.29, 0.717) is 6.61 Å². The van der Waals surface area contributed by atoms with E-state index in [2.05, 4.69) is 0 Å². The third-order valence-corrected chi connectivity index (χ3v) is 5.86. The molecule has 23 heavy (non-hydrogen) atoms. The molecule has 1 saturated heterocycles. The van der Waals surface area contributed by atoms with Gasteiger partial charge in [0.25, 0.3) is 0 Å². The fraction of sp³-hybridized carbons (Fsp3) is 0.533. The Hall–Kier alpha value is -1.47. The predicted molar refractivity (Wildman–Crippen MR) is 83.7 cm³/mol. The Bertz CT molecular complexity index is 564. The molecule has 0 N–H and O–H groups in total. The van der Waals surface area contributed by atoms with Crippen LogP contribution in [0.2, 0.25) is 5.32 Å². The molecular weight excluding hydrogens is 369 g/mol. The van der Waals surface area contributed by atoms with Gasteiger partial charge in [0.1, 0.15) is 0 Å². The molecule has 0 saturated carbocycles. The van der Waals surface area contributed by atoms with Crippen molar-refractivity contribution in [1.82, 2.24) is 0 Å². The van der Waals surface area contributed by atoms with Crippen LogP contribution in [-0.4, -0.2) is 52.5 Å². The molecule has 0 aromatic heterocycles. The Morgan fingerprint density at radius 1 is 1.43 bits per heavy atom. The number of rotatable bonds is 8. The number of benzene rings is 1. The van der Waals surface area contributed by atoms with Gasteiger partial charge in [0.15, 0.2) is 0 Å². The summed E-state index contributed by atoms with van der Waals surface area (Å²) in [5.41, 5.74) is -0.266. The van der Waals surface area contributed by atoms with Crippen molar-refractivity contribution in [2.45, 2.75) is 24.8 Å². The normalized spacial score (nSPS) is 23.7. The second kappa shape index (κ2) is 7.88. The van der Waals surface area contributed by atoms with Gasteiger partial charge in [0, 0.05) is 0 Å². The molecule has 8 heteroatoms. The molecule has 0 amide bonds. The zero-order valence-electron chi connectivity index (χ0n) is 13.0. The summed E-state index contributed by atoms with van der Waals surface area (Å²) >= 11 is 0.176. The SMILES string of the molecule is COCO[C@@H]1C(=O)OC[C@]1(C)CC[Se]c1ccc([N+](=O)[O-])cc1. The van der Waals surface area contributed by atoms with Gasteiger partial charge in [0.05, 0.1) is 0 Å². The Morgan fingerprint density at radius 2 is 2.13 bits per heavy atom. The number of carbonyl (C=O) groups excluding carboxylic acids is 1. The van der Waals surface area contributed by atoms with E-state index in [9.17, 15) is 14.9 Å². The number of methoxy groups -OCH3 is 1. The standard InChI is InChI=1S/C15H19NO6Se/c1-15(9-21-14(17)13(15)22-10-20-2)7-8-23-12-5-3-11(4-6-12)16(18)19/h3-6,13H,7-10H2,1-2H3/t13-,15+/m1/s1. The number of hydrogen-bond acceptors (Lipinski definition) is 6. The molecule has 0 aliphatic carbocycles. The first-order valence-electron chi connectivity index (χ1n) is 7.11. The first-order chi connectivity index (χ1) is 11.0. The van der Waals surface area contributed by atoms with Gasteiger partial charge in [-0.25, -0.2) is 0 Å². The maximum absolute atomic E-state index is 11.8. The van der Waals surface area contributed by atoms with Crippen LogP contribution < -0.4 is 4.46 Å². The number of nitrogens with zero attached hydrogens (tertiary/aromatic N) is 1. The molecule has 1 heterocycles. The Morgan fingerprint density at radius 3 is 2.74 bits per heavy atom. The number of ether oxygens (including phenoxy) is 3. The number of cyclic esters (lactones) is 1. The van der Waals surface area contributed by atoms with Crippen molar-refractivity contribution in [3.8, 4) is 0 Å². The second-order valence-electron chi connectivity index (χ2n) is 5.56. The van der Waals surface area contributed by atoms with Gasteiger partial charge in [-0.05, 0) is 0 Å². The summed E-state index contributed by atoms with van der Waals surface area (Å²) in [4.78, 5) is 22.0. The van der Waals surface area contributed by atoms with Crippen LogP contribution in [0.4, 0.5) is 5.69 Å². The Labute approximate surface area is 140 Å². The number of hydrogen-bond donors (Lipinski definition) is 0. The van der Waals surface area contributed by atoms with E-state index in [1.807, 2.05) is 6.92 Å². The average molecular weight is 388 g/mol. The van der Waals surface area contributed by atoms with Crippen LogP contribution in [0.15, 0.2) is 24.3 Å². The van der Waals surface area contributed by atoms with Crippen molar-refractivity contribution < 1.29 is 23.9 Å². The zero-order valence-corrected chi connectivity index (χ0v) is 14.7. The van der Waals surface area contributed by atoms with E-state index in [-0.39, 0.29) is 38.8 Å². The summed E-state index contributed by atoms with van der Waals surface area (Å²) in [6.45, 7) is 2.38. The van der Waals surface area contributed by atoms with Crippen molar-refractivity contribution in [3.05, 3.63) is 34.4 Å². The molecule has 126 valence electrons. The fourth-order valence-corrected chi connectivity index (χ4v) is 4.72. The molecular formula is C15H19NO6Se. The van der Waals surface area contributed by atoms with Crippen LogP contribution in [0.1, 0.15) is 13.3 Å². The molecule has 1 aliphatic heterocycles. The minimum atomic E-state index is -0.602. The van der Waals surface area contributed by atoms with Gasteiger partial charge >= 0.3 is 140 Å². The van der Waals surface area contributed by atoms with E-state index in [1.54, 1.807) is 12.1 Å². The zero-order chi connectivity index (χ0) is 16.9. The first-order valence-corrected chi connectivity index (χ1v) is 9.17. The minimum absolute atomic E-state index is 0.0584. The quantitative estimate of drug-likeness (QED) is 0.219. The van der Waals surface area contributed by atoms with Crippen LogP contribution in [-0.2, 0) is 19.0 Å². The fourth-order valence-electron chi connectivity index (χ4n) is 2.35. The molecule has 2 rings (SSSR count). The molecule has 1 aromatic rings. The van der Waals surface area contributed by atoms with Crippen molar-refractivity contribution in [2.24, 2.45) is 5.41 Å². The topological polar surface area (TPSA) is 87.9 Å². The summed E-state index contributed by atoms with van der Waals surface area (Å²) < 4.78 is 16.6. The Kier molecular flexibility index (Phi) is 6.12. The number of esters is 1. The van der Waals surface area contributed by atoms with Crippen LogP contribution >= 0.6 is 0 Å². The van der Waals surface area contributed by atoms with Gasteiger partial charge < -0.3 is 0 Å². The van der Waals surface area contributed by atoms with Crippen LogP contribution in [0.3, 0.4) is 0 Å². The van der Waals surface area contributed by atoms with Gasteiger partial charge in [-0.2, -0.15) is 0 Å². The Balaban J connectivity index is 1.88. The summed E-state index contributed by atoms with van der Waals surface area (Å²) in [7, 11) is 1.51. The maximum atomic E-state index is 11.8. The van der Waals surface area contributed by atoms with E-state index < -0.39 is 11.0 Å². The van der Waals surface area contributed by atoms with E-state index >= 15 is 0 Å². The van der Waals surface area contributed by atoms with Crippen LogP contribution in [0.5, 0.6) is 0 Å². The summed E-state index contributed by atoms with van der Waals surface area (Å²) in [6, 6.07) is 6.61. The van der Waals surface area contributed by atoms with E-state index in [1.165, 1.54) is 19.2 Å². The molecule has 0 spiro atoms. The van der Waals surface area contributed by atoms with Crippen LogP contribution in [0, 0.1) is 15.5 Å². The molecule has 1 fully saturated rings. The van der Waals surface area contributed by atoms with Crippen molar-refractivity contribution in [3.63, 3.8) is 0 Å². The van der Waals surface area contributed by atoms with E-state index in [4.69, 9.17) is 14.2 Å². The van der Waals surface area contributed by atoms with Gasteiger partial charge in [-0.1, -0.05) is 0 Å². The number of nitro benzene ring substituents is 1. The van der Waals surface area contributed by atoms with E-state index in [0.717, 1.165) is 16.2 Å². The number of nitro groups is 1. The first kappa shape index (κ1) is 17.9. The van der Waals surface area contributed by atoms with Crippen molar-refractivity contribution in [2.75, 3.05) is 20.5 Å². The van der Waals surface area contributed by atoms with Gasteiger partial charge in [0.2, 0.25) is 0 Å². The molecule has 1 aromatic carbocycles. The summed E-state index contributed by atoms with van der Waals surface area (Å²) in [6.07, 6.45) is 0.180. The molecule has 0 bridgehead atoms. The third kappa shape index (κ3) is 4.51. The second-order valence-corrected chi connectivity index (χ2v) is 8.02. The number of carbonyl (C=O) groups is 1. The molecule has 0 radical (unpaired) electrons. The molecule has 2 atom stereocenters. The van der Waals surface area contributed by atoms with Crippen LogP contribution in [0.25, 0.3) is 0 Å². The summed E-state index contributed by atoms with van der Waals surface area (Å²) in [5.74, 6) is -0.340. The molecule has 1 aliphatic rings. The van der Waals surface area contributed by atoms with Crippen molar-refractivity contribution >= 4 is 31.1 Å². The number of non-ortho nitro benzene ring substituents is 1.